The minimum atomic E-state index is -0.0860. The lowest BCUT2D eigenvalue weighted by Crippen LogP contribution is -2.48. The average molecular weight is 356 g/mol. The molecule has 3 fully saturated rings. The van der Waals surface area contributed by atoms with E-state index in [1.807, 2.05) is 26.6 Å². The van der Waals surface area contributed by atoms with E-state index < -0.39 is 0 Å². The number of aromatic nitrogens is 2. The highest BCUT2D eigenvalue weighted by Gasteiger charge is 2.38. The van der Waals surface area contributed by atoms with Crippen LogP contribution in [0.3, 0.4) is 0 Å². The van der Waals surface area contributed by atoms with Gasteiger partial charge in [-0.05, 0) is 41.1 Å². The number of hydrogen-bond acceptors (Lipinski definition) is 5. The third-order valence-electron chi connectivity index (χ3n) is 5.04. The van der Waals surface area contributed by atoms with Crippen LogP contribution >= 0.6 is 11.3 Å². The van der Waals surface area contributed by atoms with E-state index in [2.05, 4.69) is 9.97 Å². The van der Waals surface area contributed by atoms with Gasteiger partial charge in [-0.2, -0.15) is 11.3 Å². The van der Waals surface area contributed by atoms with Gasteiger partial charge in [-0.25, -0.2) is 4.98 Å². The summed E-state index contributed by atoms with van der Waals surface area (Å²) < 4.78 is 0. The molecular weight excluding hydrogens is 336 g/mol. The van der Waals surface area contributed by atoms with Crippen molar-refractivity contribution in [1.82, 2.24) is 19.8 Å². The molecule has 2 atom stereocenters. The Morgan fingerprint density at radius 2 is 2.12 bits per heavy atom. The van der Waals surface area contributed by atoms with Crippen LogP contribution in [0, 0.1) is 5.92 Å². The summed E-state index contributed by atoms with van der Waals surface area (Å²) in [6, 6.07) is 2.10. The van der Waals surface area contributed by atoms with Crippen molar-refractivity contribution >= 4 is 23.2 Å². The second-order valence-corrected chi connectivity index (χ2v) is 7.53. The van der Waals surface area contributed by atoms with Crippen LogP contribution in [-0.2, 0) is 11.2 Å². The van der Waals surface area contributed by atoms with Crippen molar-refractivity contribution in [1.29, 1.82) is 0 Å². The van der Waals surface area contributed by atoms with Gasteiger partial charge in [0.25, 0.3) is 5.91 Å². The lowest BCUT2D eigenvalue weighted by atomic mass is 9.94. The molecule has 2 bridgehead atoms. The third kappa shape index (κ3) is 3.42. The lowest BCUT2D eigenvalue weighted by Gasteiger charge is -2.36. The van der Waals surface area contributed by atoms with Crippen molar-refractivity contribution in [2.75, 3.05) is 19.6 Å². The van der Waals surface area contributed by atoms with Crippen LogP contribution < -0.4 is 0 Å². The number of carbonyl (C=O) groups excluding carboxylic acids is 2. The number of hydrogen-bond donors (Lipinski definition) is 0. The molecule has 5 rings (SSSR count). The monoisotopic (exact) mass is 356 g/mol. The number of thiophene rings is 1. The van der Waals surface area contributed by atoms with Gasteiger partial charge in [-0.1, -0.05) is 0 Å². The van der Waals surface area contributed by atoms with Crippen LogP contribution in [0.2, 0.25) is 0 Å². The second kappa shape index (κ2) is 6.92. The highest BCUT2D eigenvalue weighted by Crippen LogP contribution is 2.29. The fraction of sp³-hybridized carbons (Fsp3) is 0.444. The van der Waals surface area contributed by atoms with Gasteiger partial charge >= 0.3 is 0 Å². The number of fused-ring (bicyclic) bond motifs is 4. The molecule has 0 saturated carbocycles. The summed E-state index contributed by atoms with van der Waals surface area (Å²) in [7, 11) is 0. The molecule has 3 aliphatic rings. The smallest absolute Gasteiger partial charge is 0.274 e. The number of amides is 2. The first-order valence-corrected chi connectivity index (χ1v) is 9.51. The fourth-order valence-corrected chi connectivity index (χ4v) is 4.46. The zero-order chi connectivity index (χ0) is 17.2. The Morgan fingerprint density at radius 1 is 1.20 bits per heavy atom. The van der Waals surface area contributed by atoms with Crippen LogP contribution in [0.1, 0.15) is 28.9 Å². The van der Waals surface area contributed by atoms with Gasteiger partial charge < -0.3 is 9.80 Å². The first-order valence-electron chi connectivity index (χ1n) is 8.56. The number of carbonyl (C=O) groups is 2. The van der Waals surface area contributed by atoms with Gasteiger partial charge in [0.05, 0.1) is 12.6 Å². The first kappa shape index (κ1) is 16.2. The van der Waals surface area contributed by atoms with Crippen LogP contribution in [0.15, 0.2) is 35.4 Å². The van der Waals surface area contributed by atoms with E-state index in [-0.39, 0.29) is 17.9 Å². The first-order chi connectivity index (χ1) is 12.2. The maximum absolute atomic E-state index is 12.8. The van der Waals surface area contributed by atoms with Gasteiger partial charge in [0.2, 0.25) is 5.91 Å². The average Bonchev–Trinajstić information content (AvgIpc) is 2.98. The Balaban J connectivity index is 1.48. The van der Waals surface area contributed by atoms with Crippen LogP contribution in [0.25, 0.3) is 0 Å². The van der Waals surface area contributed by atoms with E-state index in [0.717, 1.165) is 24.9 Å². The van der Waals surface area contributed by atoms with Gasteiger partial charge in [0, 0.05) is 38.1 Å². The molecule has 2 aromatic rings. The molecule has 130 valence electrons. The molecule has 0 aliphatic carbocycles. The van der Waals surface area contributed by atoms with Crippen molar-refractivity contribution in [2.45, 2.75) is 25.3 Å². The molecule has 3 saturated heterocycles. The number of piperidine rings is 1. The molecule has 0 spiro atoms. The summed E-state index contributed by atoms with van der Waals surface area (Å²) in [6.45, 7) is 2.02. The highest BCUT2D eigenvalue weighted by atomic mass is 32.1. The Morgan fingerprint density at radius 3 is 2.88 bits per heavy atom. The zero-order valence-electron chi connectivity index (χ0n) is 13.9. The number of nitrogens with zero attached hydrogens (tertiary/aromatic N) is 4. The normalized spacial score (nSPS) is 22.7. The molecule has 0 aromatic carbocycles. The fourth-order valence-electron chi connectivity index (χ4n) is 3.79. The summed E-state index contributed by atoms with van der Waals surface area (Å²) in [5.41, 5.74) is 1.45. The Kier molecular flexibility index (Phi) is 4.48. The van der Waals surface area contributed by atoms with Gasteiger partial charge in [0.1, 0.15) is 5.69 Å². The van der Waals surface area contributed by atoms with E-state index in [9.17, 15) is 9.59 Å². The topological polar surface area (TPSA) is 66.4 Å². The van der Waals surface area contributed by atoms with Gasteiger partial charge in [0.15, 0.2) is 0 Å². The Bertz CT molecular complexity index is 750. The highest BCUT2D eigenvalue weighted by molar-refractivity contribution is 7.08. The second-order valence-electron chi connectivity index (χ2n) is 6.75. The predicted octanol–water partition coefficient (Wildman–Crippen LogP) is 1.84. The largest absolute Gasteiger partial charge is 0.337 e. The maximum Gasteiger partial charge on any atom is 0.274 e. The molecule has 0 N–H and O–H groups in total. The molecule has 25 heavy (non-hydrogen) atoms. The van der Waals surface area contributed by atoms with Gasteiger partial charge in [-0.3, -0.25) is 14.6 Å². The molecule has 0 unspecified atom stereocenters. The number of rotatable bonds is 3. The van der Waals surface area contributed by atoms with Crippen molar-refractivity contribution in [3.05, 3.63) is 46.7 Å². The summed E-state index contributed by atoms with van der Waals surface area (Å²) >= 11 is 1.61. The van der Waals surface area contributed by atoms with Crippen molar-refractivity contribution in [2.24, 2.45) is 5.92 Å². The van der Waals surface area contributed by atoms with Crippen molar-refractivity contribution in [3.8, 4) is 0 Å². The van der Waals surface area contributed by atoms with Gasteiger partial charge in [-0.15, -0.1) is 0 Å². The minimum absolute atomic E-state index is 0.0860. The van der Waals surface area contributed by atoms with Crippen LogP contribution in [-0.4, -0.2) is 57.3 Å². The van der Waals surface area contributed by atoms with E-state index >= 15 is 0 Å². The minimum Gasteiger partial charge on any atom is -0.337 e. The Labute approximate surface area is 150 Å². The SMILES string of the molecule is O=C(c1cnccn1)N1C[C@@H]2CC[C@H](C1)N(C(=O)Cc1ccsc1)C2. The molecule has 2 aromatic heterocycles. The van der Waals surface area contributed by atoms with E-state index in [0.29, 0.717) is 31.1 Å². The van der Waals surface area contributed by atoms with E-state index in [1.54, 1.807) is 17.5 Å². The molecule has 3 aliphatic heterocycles. The Hall–Kier alpha value is -2.28. The summed E-state index contributed by atoms with van der Waals surface area (Å²) in [5.74, 6) is 0.421. The molecule has 6 nitrogen and oxygen atoms in total. The van der Waals surface area contributed by atoms with Crippen molar-refractivity contribution in [3.63, 3.8) is 0 Å². The molecule has 7 heteroatoms. The van der Waals surface area contributed by atoms with Crippen LogP contribution in [0.5, 0.6) is 0 Å². The molecule has 0 radical (unpaired) electrons. The predicted molar refractivity (Wildman–Crippen MR) is 94.2 cm³/mol. The molecular formula is C18H20N4O2S. The van der Waals surface area contributed by atoms with E-state index in [1.165, 1.54) is 12.4 Å². The van der Waals surface area contributed by atoms with E-state index in [4.69, 9.17) is 0 Å². The van der Waals surface area contributed by atoms with Crippen molar-refractivity contribution < 1.29 is 9.59 Å². The molecule has 2 amide bonds. The molecule has 5 heterocycles. The third-order valence-corrected chi connectivity index (χ3v) is 5.77. The zero-order valence-corrected chi connectivity index (χ0v) is 14.7. The summed E-state index contributed by atoms with van der Waals surface area (Å²) in [5, 5.41) is 4.02. The van der Waals surface area contributed by atoms with Crippen LogP contribution in [0.4, 0.5) is 0 Å². The summed E-state index contributed by atoms with van der Waals surface area (Å²) in [4.78, 5) is 37.4. The summed E-state index contributed by atoms with van der Waals surface area (Å²) in [6.07, 6.45) is 7.09. The lowest BCUT2D eigenvalue weighted by molar-refractivity contribution is -0.134. The standard InChI is InChI=1S/C18H20N4O2S/c23-17(7-13-3-6-25-12-13)22-10-14-1-2-15(22)11-21(9-14)18(24)16-8-19-4-5-20-16/h3-6,8,12,14-15H,1-2,7,9-11H2/t14-,15+/m0/s1. The maximum atomic E-state index is 12.8. The quantitative estimate of drug-likeness (QED) is 0.842.